The molecule has 1 amide bonds. The summed E-state index contributed by atoms with van der Waals surface area (Å²) in [6.07, 6.45) is 47.8. The van der Waals surface area contributed by atoms with E-state index in [0.717, 1.165) is 83.5 Å². The third-order valence-electron chi connectivity index (χ3n) is 8.16. The van der Waals surface area contributed by atoms with Crippen molar-refractivity contribution >= 4 is 17.8 Å². The van der Waals surface area contributed by atoms with Gasteiger partial charge in [0.1, 0.15) is 12.6 Å². The average Bonchev–Trinajstić information content (AvgIpc) is 3.07. The van der Waals surface area contributed by atoms with Crippen LogP contribution in [0, 0.1) is 0 Å². The first-order valence-electron chi connectivity index (χ1n) is 19.4. The molecule has 1 atom stereocenters. The summed E-state index contributed by atoms with van der Waals surface area (Å²) in [6, 6.07) is 0. The van der Waals surface area contributed by atoms with E-state index in [4.69, 9.17) is 9.84 Å². The molecule has 6 heteroatoms. The zero-order valence-corrected chi connectivity index (χ0v) is 30.8. The number of carboxylic acid groups (broad SMARTS) is 1. The molecule has 0 aromatic heterocycles. The molecule has 1 unspecified atom stereocenters. The van der Waals surface area contributed by atoms with Gasteiger partial charge in [0.2, 0.25) is 5.91 Å². The van der Waals surface area contributed by atoms with E-state index in [0.29, 0.717) is 12.8 Å². The molecule has 48 heavy (non-hydrogen) atoms. The number of rotatable bonds is 34. The third-order valence-corrected chi connectivity index (χ3v) is 8.16. The number of unbranched alkanes of at least 4 members (excludes halogenated alkanes) is 15. The topological polar surface area (TPSA) is 92.7 Å². The molecular weight excluding hydrogens is 598 g/mol. The van der Waals surface area contributed by atoms with E-state index < -0.39 is 5.97 Å². The second-order valence-electron chi connectivity index (χ2n) is 12.8. The second-order valence-corrected chi connectivity index (χ2v) is 12.8. The van der Waals surface area contributed by atoms with Crippen LogP contribution in [0.25, 0.3) is 0 Å². The highest BCUT2D eigenvalue weighted by Crippen LogP contribution is 2.15. The van der Waals surface area contributed by atoms with Gasteiger partial charge in [-0.2, -0.15) is 0 Å². The lowest BCUT2D eigenvalue weighted by Gasteiger charge is -2.14. The van der Waals surface area contributed by atoms with Gasteiger partial charge in [0.25, 0.3) is 0 Å². The maximum absolute atomic E-state index is 12.7. The Labute approximate surface area is 294 Å². The zero-order chi connectivity index (χ0) is 35.2. The van der Waals surface area contributed by atoms with Crippen LogP contribution < -0.4 is 5.32 Å². The van der Waals surface area contributed by atoms with Gasteiger partial charge in [-0.05, 0) is 83.1 Å². The Kier molecular flexibility index (Phi) is 34.7. The number of hydrogen-bond acceptors (Lipinski definition) is 4. The van der Waals surface area contributed by atoms with E-state index in [2.05, 4.69) is 73.8 Å². The van der Waals surface area contributed by atoms with Gasteiger partial charge in [-0.3, -0.25) is 14.4 Å². The van der Waals surface area contributed by atoms with Gasteiger partial charge in [0, 0.05) is 12.8 Å². The first-order chi connectivity index (χ1) is 23.5. The monoisotopic (exact) mass is 670 g/mol. The van der Waals surface area contributed by atoms with Crippen molar-refractivity contribution in [2.75, 3.05) is 6.54 Å². The Morgan fingerprint density at radius 1 is 0.583 bits per heavy atom. The van der Waals surface area contributed by atoms with E-state index in [1.54, 1.807) is 0 Å². The summed E-state index contributed by atoms with van der Waals surface area (Å²) in [5.74, 6) is -1.35. The van der Waals surface area contributed by atoms with Crippen molar-refractivity contribution in [3.63, 3.8) is 0 Å². The predicted octanol–water partition coefficient (Wildman–Crippen LogP) is 11.7. The van der Waals surface area contributed by atoms with E-state index >= 15 is 0 Å². The normalized spacial score (nSPS) is 12.7. The number of carbonyl (C=O) groups excluding carboxylic acids is 2. The first kappa shape index (κ1) is 45.1. The van der Waals surface area contributed by atoms with Crippen LogP contribution in [-0.4, -0.2) is 35.6 Å². The number of esters is 1. The summed E-state index contributed by atoms with van der Waals surface area (Å²) in [6.45, 7) is 4.08. The lowest BCUT2D eigenvalue weighted by Crippen LogP contribution is -2.28. The van der Waals surface area contributed by atoms with Crippen LogP contribution in [0.5, 0.6) is 0 Å². The molecule has 2 N–H and O–H groups in total. The van der Waals surface area contributed by atoms with E-state index in [9.17, 15) is 14.4 Å². The smallest absolute Gasteiger partial charge is 0.322 e. The number of nitrogens with one attached hydrogen (secondary N) is 1. The fraction of sp³-hybridized carbons (Fsp3) is 0.690. The van der Waals surface area contributed by atoms with Crippen molar-refractivity contribution in [2.45, 2.75) is 180 Å². The highest BCUT2D eigenvalue weighted by Gasteiger charge is 2.11. The van der Waals surface area contributed by atoms with Crippen LogP contribution >= 0.6 is 0 Å². The summed E-state index contributed by atoms with van der Waals surface area (Å²) in [5, 5.41) is 11.0. The van der Waals surface area contributed by atoms with Crippen LogP contribution in [0.4, 0.5) is 0 Å². The van der Waals surface area contributed by atoms with Gasteiger partial charge in [-0.15, -0.1) is 0 Å². The second kappa shape index (κ2) is 36.9. The van der Waals surface area contributed by atoms with Gasteiger partial charge in [0.05, 0.1) is 0 Å². The molecule has 0 saturated carbocycles. The number of hydrogen-bond donors (Lipinski definition) is 2. The number of allylic oxidation sites excluding steroid dienone is 9. The highest BCUT2D eigenvalue weighted by atomic mass is 16.5. The minimum absolute atomic E-state index is 0.104. The molecule has 274 valence electrons. The molecule has 6 nitrogen and oxygen atoms in total. The SMILES string of the molecule is CC/C=C\C/C=C\C/C=C\C/C=C\C(CCCCCCCC(=O)NCC(=O)O)OC(=O)CCCCCCC/C=C\CCCCCCCC. The molecule has 0 fully saturated rings. The molecule has 0 aliphatic rings. The van der Waals surface area contributed by atoms with Crippen molar-refractivity contribution in [2.24, 2.45) is 0 Å². The largest absolute Gasteiger partial charge is 0.480 e. The van der Waals surface area contributed by atoms with Gasteiger partial charge in [0.15, 0.2) is 0 Å². The molecule has 0 aromatic rings. The van der Waals surface area contributed by atoms with Gasteiger partial charge < -0.3 is 15.2 Å². The van der Waals surface area contributed by atoms with Crippen LogP contribution in [0.3, 0.4) is 0 Å². The summed E-state index contributed by atoms with van der Waals surface area (Å²) >= 11 is 0. The van der Waals surface area contributed by atoms with Gasteiger partial charge >= 0.3 is 11.9 Å². The lowest BCUT2D eigenvalue weighted by atomic mass is 10.1. The maximum atomic E-state index is 12.7. The summed E-state index contributed by atoms with van der Waals surface area (Å²) in [5.41, 5.74) is 0. The van der Waals surface area contributed by atoms with E-state index in [1.165, 1.54) is 64.2 Å². The standard InChI is InChI=1S/C42H71NO5/c1-3-5-7-9-11-13-15-16-17-18-20-22-24-29-33-37-42(47)48-39(34-30-26-23-21-19-14-12-10-8-6-4-2)35-31-27-25-28-32-36-40(44)43-38-41(45)46/h6,8,12,14,16-17,21,23,30,34,39H,3-5,7,9-11,13,15,18-20,22,24-29,31-33,35-38H2,1-2H3,(H,43,44)(H,45,46)/b8-6-,14-12-,17-16-,23-21-,34-30-. The zero-order valence-electron chi connectivity index (χ0n) is 30.8. The average molecular weight is 670 g/mol. The van der Waals surface area contributed by atoms with Crippen LogP contribution in [0.2, 0.25) is 0 Å². The minimum atomic E-state index is -1.03. The molecule has 0 bridgehead atoms. The van der Waals surface area contributed by atoms with Crippen molar-refractivity contribution in [1.82, 2.24) is 5.32 Å². The fourth-order valence-electron chi connectivity index (χ4n) is 5.30. The molecular formula is C42H71NO5. The number of carboxylic acids is 1. The maximum Gasteiger partial charge on any atom is 0.322 e. The third kappa shape index (κ3) is 36.0. The van der Waals surface area contributed by atoms with E-state index in [1.807, 2.05) is 6.08 Å². The number of ether oxygens (including phenoxy) is 1. The Bertz CT molecular complexity index is 917. The molecule has 0 aliphatic heterocycles. The number of amides is 1. The lowest BCUT2D eigenvalue weighted by molar-refractivity contribution is -0.147. The van der Waals surface area contributed by atoms with Crippen molar-refractivity contribution in [3.8, 4) is 0 Å². The quantitative estimate of drug-likeness (QED) is 0.0404. The Morgan fingerprint density at radius 3 is 1.67 bits per heavy atom. The van der Waals surface area contributed by atoms with E-state index in [-0.39, 0.29) is 24.5 Å². The number of aliphatic carboxylic acids is 1. The van der Waals surface area contributed by atoms with Gasteiger partial charge in [-0.1, -0.05) is 139 Å². The Balaban J connectivity index is 4.32. The van der Waals surface area contributed by atoms with Crippen LogP contribution in [0.15, 0.2) is 60.8 Å². The molecule has 0 rings (SSSR count). The van der Waals surface area contributed by atoms with Crippen LogP contribution in [-0.2, 0) is 19.1 Å². The Hall–Kier alpha value is -2.89. The van der Waals surface area contributed by atoms with Gasteiger partial charge in [-0.25, -0.2) is 0 Å². The molecule has 0 heterocycles. The minimum Gasteiger partial charge on any atom is -0.480 e. The molecule has 0 radical (unpaired) electrons. The molecule has 0 aromatic carbocycles. The fourth-order valence-corrected chi connectivity index (χ4v) is 5.30. The first-order valence-corrected chi connectivity index (χ1v) is 19.4. The van der Waals surface area contributed by atoms with Crippen molar-refractivity contribution in [3.05, 3.63) is 60.8 Å². The summed E-state index contributed by atoms with van der Waals surface area (Å²) in [7, 11) is 0. The Morgan fingerprint density at radius 2 is 1.08 bits per heavy atom. The van der Waals surface area contributed by atoms with Crippen molar-refractivity contribution < 1.29 is 24.2 Å². The van der Waals surface area contributed by atoms with Crippen molar-refractivity contribution in [1.29, 1.82) is 0 Å². The highest BCUT2D eigenvalue weighted by molar-refractivity contribution is 5.80. The molecule has 0 aliphatic carbocycles. The molecule has 0 saturated heterocycles. The predicted molar refractivity (Wildman–Crippen MR) is 203 cm³/mol. The molecule has 0 spiro atoms. The summed E-state index contributed by atoms with van der Waals surface area (Å²) < 4.78 is 5.89. The number of carbonyl (C=O) groups is 3. The summed E-state index contributed by atoms with van der Waals surface area (Å²) in [4.78, 5) is 34.9. The van der Waals surface area contributed by atoms with Crippen LogP contribution in [0.1, 0.15) is 174 Å².